The van der Waals surface area contributed by atoms with Gasteiger partial charge in [-0.1, -0.05) is 24.3 Å². The molecule has 4 aromatic carbocycles. The predicted molar refractivity (Wildman–Crippen MR) is 153 cm³/mol. The van der Waals surface area contributed by atoms with Gasteiger partial charge in [0.2, 0.25) is 0 Å². The summed E-state index contributed by atoms with van der Waals surface area (Å²) in [6.45, 7) is 0. The quantitative estimate of drug-likeness (QED) is 0.242. The van der Waals surface area contributed by atoms with Gasteiger partial charge in [-0.05, 0) is 89.5 Å². The molecule has 0 radical (unpaired) electrons. The number of hydrogen-bond donors (Lipinski definition) is 1. The first kappa shape index (κ1) is 27.3. The molecule has 4 rings (SSSR count). The van der Waals surface area contributed by atoms with Gasteiger partial charge in [0.25, 0.3) is 5.91 Å². The van der Waals surface area contributed by atoms with Crippen molar-refractivity contribution in [3.8, 4) is 23.0 Å². The zero-order chi connectivity index (χ0) is 27.6. The summed E-state index contributed by atoms with van der Waals surface area (Å²) in [7, 11) is 6.48. The van der Waals surface area contributed by atoms with Gasteiger partial charge in [0.1, 0.15) is 23.0 Å². The van der Waals surface area contributed by atoms with Crippen molar-refractivity contribution < 1.29 is 23.7 Å². The number of nitrogens with one attached hydrogen (secondary N) is 1. The second kappa shape index (κ2) is 13.1. The van der Waals surface area contributed by atoms with Crippen LogP contribution in [-0.2, 0) is 0 Å². The Morgan fingerprint density at radius 1 is 0.615 bits per heavy atom. The van der Waals surface area contributed by atoms with E-state index in [9.17, 15) is 4.79 Å². The maximum atomic E-state index is 13.5. The maximum absolute atomic E-state index is 13.5. The molecule has 200 valence electrons. The minimum atomic E-state index is -0.492. The number of amides is 1. The lowest BCUT2D eigenvalue weighted by Crippen LogP contribution is -2.32. The Hall–Kier alpha value is -4.78. The monoisotopic (exact) mass is 524 g/mol. The number of nitrogens with zero attached hydrogens (tertiary/aromatic N) is 1. The van der Waals surface area contributed by atoms with Crippen LogP contribution in [0.2, 0.25) is 0 Å². The number of rotatable bonds is 11. The lowest BCUT2D eigenvalue weighted by Gasteiger charge is -2.27. The van der Waals surface area contributed by atoms with E-state index in [1.54, 1.807) is 52.7 Å². The Labute approximate surface area is 229 Å². The van der Waals surface area contributed by atoms with Crippen LogP contribution in [0.25, 0.3) is 0 Å². The molecule has 7 heteroatoms. The third-order valence-corrected chi connectivity index (χ3v) is 6.39. The minimum absolute atomic E-state index is 0.225. The zero-order valence-electron chi connectivity index (χ0n) is 22.5. The third kappa shape index (κ3) is 6.96. The Bertz CT molecular complexity index is 1370. The number of benzene rings is 4. The summed E-state index contributed by atoms with van der Waals surface area (Å²) in [5, 5.41) is 3.22. The summed E-state index contributed by atoms with van der Waals surface area (Å²) < 4.78 is 21.3. The van der Waals surface area contributed by atoms with E-state index in [-0.39, 0.29) is 5.91 Å². The van der Waals surface area contributed by atoms with E-state index in [4.69, 9.17) is 23.9 Å². The molecule has 7 nitrogen and oxygen atoms in total. The van der Waals surface area contributed by atoms with Crippen molar-refractivity contribution in [1.29, 1.82) is 0 Å². The number of ether oxygens (including phenoxy) is 4. The highest BCUT2D eigenvalue weighted by molar-refractivity contribution is 5.94. The number of methoxy groups -OCH3 is 4. The molecule has 0 aromatic heterocycles. The van der Waals surface area contributed by atoms with Crippen LogP contribution in [0.1, 0.15) is 39.1 Å². The van der Waals surface area contributed by atoms with E-state index in [2.05, 4.69) is 5.32 Å². The molecule has 0 bridgehead atoms. The van der Waals surface area contributed by atoms with Crippen molar-refractivity contribution in [2.24, 2.45) is 4.99 Å². The van der Waals surface area contributed by atoms with Crippen LogP contribution in [-0.4, -0.2) is 40.6 Å². The molecule has 39 heavy (non-hydrogen) atoms. The fraction of sp³-hybridized carbons (Fsp3) is 0.188. The molecule has 0 aliphatic heterocycles. The predicted octanol–water partition coefficient (Wildman–Crippen LogP) is 6.05. The molecule has 0 fully saturated rings. The smallest absolute Gasteiger partial charge is 0.251 e. The van der Waals surface area contributed by atoms with E-state index < -0.39 is 12.1 Å². The number of aliphatic imine (C=N–C) groups is 1. The molecule has 0 unspecified atom stereocenters. The average Bonchev–Trinajstić information content (AvgIpc) is 3.01. The van der Waals surface area contributed by atoms with Crippen LogP contribution in [0.15, 0.2) is 102 Å². The van der Waals surface area contributed by atoms with E-state index >= 15 is 0 Å². The first-order valence-electron chi connectivity index (χ1n) is 12.4. The molecule has 0 saturated heterocycles. The van der Waals surface area contributed by atoms with E-state index in [1.165, 1.54) is 0 Å². The maximum Gasteiger partial charge on any atom is 0.251 e. The van der Waals surface area contributed by atoms with Crippen LogP contribution in [0.5, 0.6) is 23.0 Å². The van der Waals surface area contributed by atoms with Crippen LogP contribution in [0.4, 0.5) is 0 Å². The van der Waals surface area contributed by atoms with Crippen LogP contribution >= 0.6 is 0 Å². The third-order valence-electron chi connectivity index (χ3n) is 6.39. The molecule has 0 aliphatic rings. The van der Waals surface area contributed by atoms with Gasteiger partial charge in [0.05, 0.1) is 40.5 Å². The van der Waals surface area contributed by atoms with Crippen LogP contribution in [0.3, 0.4) is 0 Å². The van der Waals surface area contributed by atoms with E-state index in [0.29, 0.717) is 11.3 Å². The first-order valence-corrected chi connectivity index (χ1v) is 12.4. The van der Waals surface area contributed by atoms with Gasteiger partial charge in [0.15, 0.2) is 0 Å². The topological polar surface area (TPSA) is 78.4 Å². The summed E-state index contributed by atoms with van der Waals surface area (Å²) in [5.41, 5.74) is 3.22. The largest absolute Gasteiger partial charge is 0.497 e. The van der Waals surface area contributed by atoms with Gasteiger partial charge in [-0.25, -0.2) is 0 Å². The fourth-order valence-corrected chi connectivity index (χ4v) is 4.14. The Balaban J connectivity index is 1.76. The average molecular weight is 525 g/mol. The molecule has 0 aliphatic carbocycles. The summed E-state index contributed by atoms with van der Waals surface area (Å²) >= 11 is 0. The molecular weight excluding hydrogens is 492 g/mol. The highest BCUT2D eigenvalue weighted by atomic mass is 16.5. The van der Waals surface area contributed by atoms with Gasteiger partial charge in [-0.15, -0.1) is 0 Å². The van der Waals surface area contributed by atoms with Gasteiger partial charge >= 0.3 is 0 Å². The first-order chi connectivity index (χ1) is 19.0. The standard InChI is InChI=1S/C32H32N2O5/c1-36-26-13-5-22(6-14-26)21-33-30(23-7-15-27(37-2)16-8-23)31(24-9-17-28(38-3)18-10-24)34-32(35)25-11-19-29(39-4)20-12-25/h5-21,30-31H,1-4H3,(H,34,35)/t30-,31+/m0/s1. The van der Waals surface area contributed by atoms with Crippen molar-refractivity contribution >= 4 is 12.1 Å². The Kier molecular flexibility index (Phi) is 9.19. The second-order valence-electron chi connectivity index (χ2n) is 8.72. The molecule has 0 saturated carbocycles. The van der Waals surface area contributed by atoms with Gasteiger partial charge in [-0.2, -0.15) is 0 Å². The van der Waals surface area contributed by atoms with Crippen LogP contribution in [0, 0.1) is 0 Å². The molecule has 0 heterocycles. The number of carbonyl (C=O) groups excluding carboxylic acids is 1. The fourth-order valence-electron chi connectivity index (χ4n) is 4.14. The van der Waals surface area contributed by atoms with E-state index in [0.717, 1.165) is 33.9 Å². The second-order valence-corrected chi connectivity index (χ2v) is 8.72. The lowest BCUT2D eigenvalue weighted by atomic mass is 9.93. The summed E-state index contributed by atoms with van der Waals surface area (Å²) in [4.78, 5) is 18.5. The van der Waals surface area contributed by atoms with Crippen molar-refractivity contribution in [3.05, 3.63) is 119 Å². The van der Waals surface area contributed by atoms with Crippen LogP contribution < -0.4 is 24.3 Å². The summed E-state index contributed by atoms with van der Waals surface area (Å²) in [6, 6.07) is 29.0. The minimum Gasteiger partial charge on any atom is -0.497 e. The van der Waals surface area contributed by atoms with Crippen molar-refractivity contribution in [1.82, 2.24) is 5.32 Å². The Morgan fingerprint density at radius 3 is 1.49 bits per heavy atom. The van der Waals surface area contributed by atoms with Crippen molar-refractivity contribution in [2.45, 2.75) is 12.1 Å². The normalized spacial score (nSPS) is 12.4. The summed E-state index contributed by atoms with van der Waals surface area (Å²) in [5.74, 6) is 2.68. The van der Waals surface area contributed by atoms with Crippen molar-refractivity contribution in [2.75, 3.05) is 28.4 Å². The van der Waals surface area contributed by atoms with Gasteiger partial charge in [-0.3, -0.25) is 9.79 Å². The van der Waals surface area contributed by atoms with E-state index in [1.807, 2.05) is 79.0 Å². The molecule has 1 N–H and O–H groups in total. The SMILES string of the molecule is COc1ccc(C=N[C@@H](c2ccc(OC)cc2)[C@H](NC(=O)c2ccc(OC)cc2)c2ccc(OC)cc2)cc1. The summed E-state index contributed by atoms with van der Waals surface area (Å²) in [6.07, 6.45) is 1.81. The van der Waals surface area contributed by atoms with Crippen molar-refractivity contribution in [3.63, 3.8) is 0 Å². The van der Waals surface area contributed by atoms with Gasteiger partial charge < -0.3 is 24.3 Å². The molecule has 4 aromatic rings. The number of carbonyl (C=O) groups is 1. The molecular formula is C32H32N2O5. The molecule has 0 spiro atoms. The highest BCUT2D eigenvalue weighted by Crippen LogP contribution is 2.34. The lowest BCUT2D eigenvalue weighted by molar-refractivity contribution is 0.0930. The molecule has 1 amide bonds. The van der Waals surface area contributed by atoms with Gasteiger partial charge in [0, 0.05) is 11.8 Å². The molecule has 2 atom stereocenters. The zero-order valence-corrected chi connectivity index (χ0v) is 22.5. The number of hydrogen-bond acceptors (Lipinski definition) is 6. The highest BCUT2D eigenvalue weighted by Gasteiger charge is 2.27. The Morgan fingerprint density at radius 2 is 1.03 bits per heavy atom.